The van der Waals surface area contributed by atoms with Crippen LogP contribution < -0.4 is 10.2 Å². The van der Waals surface area contributed by atoms with E-state index in [9.17, 15) is 19.7 Å². The summed E-state index contributed by atoms with van der Waals surface area (Å²) in [7, 11) is 0. The highest BCUT2D eigenvalue weighted by Crippen LogP contribution is 2.31. The molecule has 0 unspecified atom stereocenters. The van der Waals surface area contributed by atoms with Gasteiger partial charge in [-0.05, 0) is 36.4 Å². The lowest BCUT2D eigenvalue weighted by Gasteiger charge is -2.14. The van der Waals surface area contributed by atoms with Gasteiger partial charge in [0.1, 0.15) is 10.7 Å². The molecule has 0 saturated heterocycles. The smallest absolute Gasteiger partial charge is 0.283 e. The minimum absolute atomic E-state index is 0.0488. The molecule has 0 aromatic heterocycles. The highest BCUT2D eigenvalue weighted by molar-refractivity contribution is 9.10. The second kappa shape index (κ2) is 6.66. The fraction of sp³-hybridized carbons (Fsp3) is 0. The van der Waals surface area contributed by atoms with Crippen molar-refractivity contribution in [3.63, 3.8) is 0 Å². The zero-order valence-electron chi connectivity index (χ0n) is 12.4. The number of nitro groups is 1. The van der Waals surface area contributed by atoms with Crippen LogP contribution in [0.1, 0.15) is 0 Å². The summed E-state index contributed by atoms with van der Waals surface area (Å²) in [6, 6.07) is 12.0. The van der Waals surface area contributed by atoms with Crippen molar-refractivity contribution in [3.8, 4) is 0 Å². The van der Waals surface area contributed by atoms with E-state index in [1.807, 2.05) is 0 Å². The van der Waals surface area contributed by atoms with Crippen molar-refractivity contribution in [3.05, 3.63) is 73.8 Å². The lowest BCUT2D eigenvalue weighted by atomic mass is 10.2. The Hall–Kier alpha value is -2.71. The number of nitro benzene ring substituents is 1. The Kier molecular flexibility index (Phi) is 4.56. The number of nitrogens with zero attached hydrogens (tertiary/aromatic N) is 2. The number of imide groups is 1. The van der Waals surface area contributed by atoms with Crippen molar-refractivity contribution in [1.82, 2.24) is 0 Å². The van der Waals surface area contributed by atoms with E-state index in [0.717, 1.165) is 9.37 Å². The molecule has 1 aliphatic rings. The zero-order valence-corrected chi connectivity index (χ0v) is 14.7. The van der Waals surface area contributed by atoms with Crippen molar-refractivity contribution >= 4 is 56.4 Å². The van der Waals surface area contributed by atoms with Gasteiger partial charge in [0.05, 0.1) is 10.6 Å². The van der Waals surface area contributed by atoms with E-state index < -0.39 is 16.7 Å². The van der Waals surface area contributed by atoms with Crippen LogP contribution in [0.3, 0.4) is 0 Å². The monoisotopic (exact) mass is 421 g/mol. The van der Waals surface area contributed by atoms with Crippen LogP contribution in [-0.4, -0.2) is 16.7 Å². The summed E-state index contributed by atoms with van der Waals surface area (Å²) < 4.78 is 0.861. The molecule has 1 heterocycles. The third-order valence-corrected chi connectivity index (χ3v) is 4.34. The molecular formula is C16H9BrClN3O4. The van der Waals surface area contributed by atoms with Crippen LogP contribution in [0.2, 0.25) is 0 Å². The topological polar surface area (TPSA) is 92.6 Å². The fourth-order valence-electron chi connectivity index (χ4n) is 2.25. The first-order chi connectivity index (χ1) is 11.9. The zero-order chi connectivity index (χ0) is 18.1. The Morgan fingerprint density at radius 1 is 1.00 bits per heavy atom. The quantitative estimate of drug-likeness (QED) is 0.460. The molecule has 0 fully saturated rings. The molecule has 126 valence electrons. The number of amides is 2. The Labute approximate surface area is 155 Å². The van der Waals surface area contributed by atoms with E-state index in [-0.39, 0.29) is 22.1 Å². The first kappa shape index (κ1) is 17.1. The van der Waals surface area contributed by atoms with E-state index in [0.29, 0.717) is 5.69 Å². The van der Waals surface area contributed by atoms with E-state index in [1.54, 1.807) is 24.3 Å². The van der Waals surface area contributed by atoms with Gasteiger partial charge in [0, 0.05) is 22.3 Å². The van der Waals surface area contributed by atoms with E-state index in [1.165, 1.54) is 24.3 Å². The summed E-state index contributed by atoms with van der Waals surface area (Å²) in [6.45, 7) is 0. The van der Waals surface area contributed by atoms with E-state index in [2.05, 4.69) is 21.2 Å². The van der Waals surface area contributed by atoms with Gasteiger partial charge in [-0.2, -0.15) is 0 Å². The molecule has 7 nitrogen and oxygen atoms in total. The van der Waals surface area contributed by atoms with Gasteiger partial charge in [-0.25, -0.2) is 4.90 Å². The van der Waals surface area contributed by atoms with Gasteiger partial charge in [-0.15, -0.1) is 0 Å². The third-order valence-electron chi connectivity index (χ3n) is 3.46. The number of nitrogens with one attached hydrogen (secondary N) is 1. The molecule has 0 saturated carbocycles. The van der Waals surface area contributed by atoms with Crippen molar-refractivity contribution in [2.45, 2.75) is 0 Å². The third kappa shape index (κ3) is 3.26. The molecule has 2 aromatic rings. The molecule has 2 aromatic carbocycles. The number of hydrogen-bond donors (Lipinski definition) is 1. The maximum absolute atomic E-state index is 12.6. The molecule has 0 spiro atoms. The summed E-state index contributed by atoms with van der Waals surface area (Å²) in [5.74, 6) is -1.33. The highest BCUT2D eigenvalue weighted by Gasteiger charge is 2.39. The van der Waals surface area contributed by atoms with Crippen LogP contribution in [0, 0.1) is 10.1 Å². The predicted molar refractivity (Wildman–Crippen MR) is 96.2 cm³/mol. The number of non-ortho nitro benzene ring substituents is 1. The van der Waals surface area contributed by atoms with Gasteiger partial charge in [0.2, 0.25) is 0 Å². The molecule has 0 atom stereocenters. The van der Waals surface area contributed by atoms with E-state index in [4.69, 9.17) is 11.6 Å². The fourth-order valence-corrected chi connectivity index (χ4v) is 2.72. The highest BCUT2D eigenvalue weighted by atomic mass is 79.9. The minimum Gasteiger partial charge on any atom is -0.350 e. The van der Waals surface area contributed by atoms with Gasteiger partial charge in [0.25, 0.3) is 17.5 Å². The van der Waals surface area contributed by atoms with Crippen molar-refractivity contribution < 1.29 is 14.5 Å². The van der Waals surface area contributed by atoms with Gasteiger partial charge in [-0.3, -0.25) is 19.7 Å². The van der Waals surface area contributed by atoms with Crippen LogP contribution in [0.4, 0.5) is 17.1 Å². The van der Waals surface area contributed by atoms with Crippen molar-refractivity contribution in [2.75, 3.05) is 10.2 Å². The normalized spacial score (nSPS) is 14.2. The maximum atomic E-state index is 12.6. The van der Waals surface area contributed by atoms with Crippen molar-refractivity contribution in [1.29, 1.82) is 0 Å². The van der Waals surface area contributed by atoms with Crippen molar-refractivity contribution in [2.24, 2.45) is 0 Å². The van der Waals surface area contributed by atoms with Crippen LogP contribution in [0.15, 0.2) is 63.7 Å². The number of anilines is 2. The van der Waals surface area contributed by atoms with E-state index >= 15 is 0 Å². The van der Waals surface area contributed by atoms with Gasteiger partial charge < -0.3 is 5.32 Å². The molecule has 1 aliphatic heterocycles. The van der Waals surface area contributed by atoms with Gasteiger partial charge >= 0.3 is 0 Å². The number of benzene rings is 2. The SMILES string of the molecule is O=C1C(Cl)=C(Nc2ccc(Br)cc2)C(=O)N1c1ccc([N+](=O)[O-])cc1. The molecule has 3 rings (SSSR count). The average Bonchev–Trinajstić information content (AvgIpc) is 2.80. The Morgan fingerprint density at radius 3 is 2.16 bits per heavy atom. The van der Waals surface area contributed by atoms with Crippen LogP contribution >= 0.6 is 27.5 Å². The summed E-state index contributed by atoms with van der Waals surface area (Å²) >= 11 is 9.32. The largest absolute Gasteiger partial charge is 0.350 e. The molecule has 9 heteroatoms. The Morgan fingerprint density at radius 2 is 1.60 bits per heavy atom. The predicted octanol–water partition coefficient (Wildman–Crippen LogP) is 3.79. The number of hydrogen-bond acceptors (Lipinski definition) is 5. The second-order valence-electron chi connectivity index (χ2n) is 5.04. The Balaban J connectivity index is 1.88. The second-order valence-corrected chi connectivity index (χ2v) is 6.33. The number of carbonyl (C=O) groups is 2. The standard InChI is InChI=1S/C16H9BrClN3O4/c17-9-1-3-10(4-2-9)19-14-13(18)15(22)20(16(14)23)11-5-7-12(8-6-11)21(24)25/h1-8,19H. The van der Waals surface area contributed by atoms with Gasteiger partial charge in [-0.1, -0.05) is 27.5 Å². The summed E-state index contributed by atoms with van der Waals surface area (Å²) in [4.78, 5) is 35.9. The van der Waals surface area contributed by atoms with Gasteiger partial charge in [0.15, 0.2) is 0 Å². The maximum Gasteiger partial charge on any atom is 0.283 e. The summed E-state index contributed by atoms with van der Waals surface area (Å²) in [6.07, 6.45) is 0. The van der Waals surface area contributed by atoms with Crippen LogP contribution in [0.25, 0.3) is 0 Å². The average molecular weight is 423 g/mol. The first-order valence-electron chi connectivity index (χ1n) is 6.94. The van der Waals surface area contributed by atoms with Crippen LogP contribution in [0.5, 0.6) is 0 Å². The molecule has 0 bridgehead atoms. The molecule has 2 amide bonds. The lowest BCUT2D eigenvalue weighted by Crippen LogP contribution is -2.32. The molecule has 25 heavy (non-hydrogen) atoms. The summed E-state index contributed by atoms with van der Waals surface area (Å²) in [5.41, 5.74) is 0.594. The molecular weight excluding hydrogens is 414 g/mol. The van der Waals surface area contributed by atoms with Crippen LogP contribution in [-0.2, 0) is 9.59 Å². The number of carbonyl (C=O) groups excluding carboxylic acids is 2. The number of halogens is 2. The number of rotatable bonds is 4. The minimum atomic E-state index is -0.694. The summed E-state index contributed by atoms with van der Waals surface area (Å²) in [5, 5.41) is 13.3. The Bertz CT molecular complexity index is 910. The lowest BCUT2D eigenvalue weighted by molar-refractivity contribution is -0.384. The molecule has 0 aliphatic carbocycles. The first-order valence-corrected chi connectivity index (χ1v) is 8.11. The molecule has 0 radical (unpaired) electrons. The molecule has 1 N–H and O–H groups in total.